The maximum absolute atomic E-state index is 6.24. The van der Waals surface area contributed by atoms with Gasteiger partial charge in [0.15, 0.2) is 4.34 Å². The summed E-state index contributed by atoms with van der Waals surface area (Å²) in [4.78, 5) is 0. The molecule has 0 radical (unpaired) electrons. The molecule has 0 atom stereocenters. The first-order valence-corrected chi connectivity index (χ1v) is 12.0. The SMILES string of the molecule is Clc1ccc(Cl)c(-c2ccc(CNc3nnc(SCc4c(Cl)cccc4Cl)s3)o2)c1. The number of halogens is 4. The quantitative estimate of drug-likeness (QED) is 0.250. The van der Waals surface area contributed by atoms with Crippen molar-refractivity contribution in [1.82, 2.24) is 10.2 Å². The first kappa shape index (κ1) is 21.8. The Hall–Kier alpha value is -1.41. The average molecular weight is 517 g/mol. The third kappa shape index (κ3) is 5.25. The predicted molar refractivity (Wildman–Crippen MR) is 127 cm³/mol. The van der Waals surface area contributed by atoms with Gasteiger partial charge in [0.1, 0.15) is 11.5 Å². The van der Waals surface area contributed by atoms with Crippen LogP contribution in [0.15, 0.2) is 57.3 Å². The Morgan fingerprint density at radius 3 is 2.53 bits per heavy atom. The Balaban J connectivity index is 1.36. The van der Waals surface area contributed by atoms with E-state index in [-0.39, 0.29) is 0 Å². The minimum absolute atomic E-state index is 0.466. The standard InChI is InChI=1S/C20H13Cl4N3OS2/c21-11-4-6-17(24)13(8-11)18-7-5-12(28-18)9-25-19-26-27-20(30-19)29-10-14-15(22)2-1-3-16(14)23/h1-8H,9-10H2,(H,25,26). The molecule has 0 fully saturated rings. The maximum atomic E-state index is 6.24. The molecule has 4 aromatic rings. The summed E-state index contributed by atoms with van der Waals surface area (Å²) in [6.45, 7) is 0.466. The number of hydrogen-bond donors (Lipinski definition) is 1. The minimum atomic E-state index is 0.466. The highest BCUT2D eigenvalue weighted by Crippen LogP contribution is 2.34. The van der Waals surface area contributed by atoms with Crippen LogP contribution in [0.3, 0.4) is 0 Å². The Morgan fingerprint density at radius 2 is 1.73 bits per heavy atom. The summed E-state index contributed by atoms with van der Waals surface area (Å²) in [6.07, 6.45) is 0. The highest BCUT2D eigenvalue weighted by atomic mass is 35.5. The van der Waals surface area contributed by atoms with Crippen LogP contribution >= 0.6 is 69.5 Å². The summed E-state index contributed by atoms with van der Waals surface area (Å²) in [6, 6.07) is 14.5. The fraction of sp³-hybridized carbons (Fsp3) is 0.100. The zero-order chi connectivity index (χ0) is 21.1. The van der Waals surface area contributed by atoms with Gasteiger partial charge in [-0.05, 0) is 48.0 Å². The normalized spacial score (nSPS) is 11.1. The lowest BCUT2D eigenvalue weighted by Gasteiger charge is -2.04. The van der Waals surface area contributed by atoms with Crippen LogP contribution in [-0.4, -0.2) is 10.2 Å². The summed E-state index contributed by atoms with van der Waals surface area (Å²) in [5.41, 5.74) is 1.64. The number of benzene rings is 2. The minimum Gasteiger partial charge on any atom is -0.459 e. The van der Waals surface area contributed by atoms with E-state index < -0.39 is 0 Å². The third-order valence-electron chi connectivity index (χ3n) is 4.08. The first-order chi connectivity index (χ1) is 14.5. The lowest BCUT2D eigenvalue weighted by Crippen LogP contribution is -1.97. The van der Waals surface area contributed by atoms with E-state index >= 15 is 0 Å². The molecule has 0 aliphatic heterocycles. The van der Waals surface area contributed by atoms with E-state index in [4.69, 9.17) is 50.8 Å². The van der Waals surface area contributed by atoms with Gasteiger partial charge in [-0.25, -0.2) is 0 Å². The topological polar surface area (TPSA) is 51.0 Å². The molecule has 0 amide bonds. The molecule has 0 bridgehead atoms. The third-order valence-corrected chi connectivity index (χ3v) is 7.39. The van der Waals surface area contributed by atoms with Crippen molar-refractivity contribution in [3.63, 3.8) is 0 Å². The molecule has 0 aliphatic rings. The molecule has 0 saturated carbocycles. The van der Waals surface area contributed by atoms with Crippen molar-refractivity contribution in [2.75, 3.05) is 5.32 Å². The monoisotopic (exact) mass is 515 g/mol. The Morgan fingerprint density at radius 1 is 0.933 bits per heavy atom. The van der Waals surface area contributed by atoms with Crippen molar-refractivity contribution in [3.05, 3.63) is 79.9 Å². The molecule has 2 heterocycles. The number of aromatic nitrogens is 2. The van der Waals surface area contributed by atoms with Crippen molar-refractivity contribution < 1.29 is 4.42 Å². The van der Waals surface area contributed by atoms with E-state index in [1.54, 1.807) is 18.2 Å². The van der Waals surface area contributed by atoms with E-state index in [1.165, 1.54) is 23.1 Å². The van der Waals surface area contributed by atoms with Gasteiger partial charge < -0.3 is 9.73 Å². The van der Waals surface area contributed by atoms with Gasteiger partial charge in [-0.1, -0.05) is 75.6 Å². The second kappa shape index (κ2) is 9.81. The molecular weight excluding hydrogens is 504 g/mol. The smallest absolute Gasteiger partial charge is 0.206 e. The van der Waals surface area contributed by atoms with E-state index in [1.807, 2.05) is 30.3 Å². The van der Waals surface area contributed by atoms with Gasteiger partial charge in [-0.3, -0.25) is 0 Å². The fourth-order valence-electron chi connectivity index (χ4n) is 2.61. The van der Waals surface area contributed by atoms with E-state index in [0.29, 0.717) is 43.3 Å². The van der Waals surface area contributed by atoms with Crippen LogP contribution < -0.4 is 5.32 Å². The van der Waals surface area contributed by atoms with Crippen LogP contribution in [0.25, 0.3) is 11.3 Å². The lowest BCUT2D eigenvalue weighted by molar-refractivity contribution is 0.531. The van der Waals surface area contributed by atoms with Gasteiger partial charge >= 0.3 is 0 Å². The van der Waals surface area contributed by atoms with Crippen LogP contribution in [0.4, 0.5) is 5.13 Å². The number of nitrogens with zero attached hydrogens (tertiary/aromatic N) is 2. The number of furan rings is 1. The molecule has 4 nitrogen and oxygen atoms in total. The fourth-order valence-corrected chi connectivity index (χ4v) is 5.48. The maximum Gasteiger partial charge on any atom is 0.206 e. The predicted octanol–water partition coefficient (Wildman–Crippen LogP) is 8.32. The summed E-state index contributed by atoms with van der Waals surface area (Å²) < 4.78 is 6.70. The number of thioether (sulfide) groups is 1. The highest BCUT2D eigenvalue weighted by Gasteiger charge is 2.12. The summed E-state index contributed by atoms with van der Waals surface area (Å²) in [7, 11) is 0. The Kier molecular flexibility index (Phi) is 7.13. The van der Waals surface area contributed by atoms with Crippen molar-refractivity contribution >= 4 is 74.6 Å². The molecular formula is C20H13Cl4N3OS2. The molecule has 0 unspecified atom stereocenters. The largest absolute Gasteiger partial charge is 0.459 e. The Labute approximate surface area is 201 Å². The van der Waals surface area contributed by atoms with Crippen LogP contribution in [0.2, 0.25) is 20.1 Å². The molecule has 0 saturated heterocycles. The second-order valence-electron chi connectivity index (χ2n) is 6.11. The molecule has 30 heavy (non-hydrogen) atoms. The van der Waals surface area contributed by atoms with Gasteiger partial charge in [-0.2, -0.15) is 0 Å². The van der Waals surface area contributed by atoms with Gasteiger partial charge in [-0.15, -0.1) is 10.2 Å². The van der Waals surface area contributed by atoms with Gasteiger partial charge in [0.25, 0.3) is 0 Å². The summed E-state index contributed by atoms with van der Waals surface area (Å²) in [5, 5.41) is 14.8. The van der Waals surface area contributed by atoms with Gasteiger partial charge in [0.05, 0.1) is 11.6 Å². The number of rotatable bonds is 7. The van der Waals surface area contributed by atoms with E-state index in [0.717, 1.165) is 21.2 Å². The molecule has 154 valence electrons. The van der Waals surface area contributed by atoms with Crippen molar-refractivity contribution in [3.8, 4) is 11.3 Å². The van der Waals surface area contributed by atoms with E-state index in [9.17, 15) is 0 Å². The number of anilines is 1. The zero-order valence-electron chi connectivity index (χ0n) is 15.2. The molecule has 2 aromatic heterocycles. The van der Waals surface area contributed by atoms with Crippen molar-refractivity contribution in [1.29, 1.82) is 0 Å². The molecule has 1 N–H and O–H groups in total. The van der Waals surface area contributed by atoms with Crippen LogP contribution in [-0.2, 0) is 12.3 Å². The van der Waals surface area contributed by atoms with Crippen molar-refractivity contribution in [2.45, 2.75) is 16.6 Å². The molecule has 2 aromatic carbocycles. The molecule has 0 aliphatic carbocycles. The van der Waals surface area contributed by atoms with Crippen LogP contribution in [0.5, 0.6) is 0 Å². The zero-order valence-corrected chi connectivity index (χ0v) is 19.8. The summed E-state index contributed by atoms with van der Waals surface area (Å²) >= 11 is 27.7. The second-order valence-corrected chi connectivity index (χ2v) is 9.96. The first-order valence-electron chi connectivity index (χ1n) is 8.67. The van der Waals surface area contributed by atoms with E-state index in [2.05, 4.69) is 15.5 Å². The molecule has 4 rings (SSSR count). The number of hydrogen-bond acceptors (Lipinski definition) is 6. The molecule has 10 heteroatoms. The Bertz CT molecular complexity index is 1160. The summed E-state index contributed by atoms with van der Waals surface area (Å²) in [5.74, 6) is 2.02. The van der Waals surface area contributed by atoms with Gasteiger partial charge in [0, 0.05) is 26.4 Å². The average Bonchev–Trinajstić information content (AvgIpc) is 3.37. The number of nitrogens with one attached hydrogen (secondary N) is 1. The molecule has 0 spiro atoms. The lowest BCUT2D eigenvalue weighted by atomic mass is 10.2. The van der Waals surface area contributed by atoms with Crippen molar-refractivity contribution in [2.24, 2.45) is 0 Å². The van der Waals surface area contributed by atoms with Crippen LogP contribution in [0.1, 0.15) is 11.3 Å². The highest BCUT2D eigenvalue weighted by molar-refractivity contribution is 8.00. The van der Waals surface area contributed by atoms with Crippen LogP contribution in [0, 0.1) is 0 Å². The van der Waals surface area contributed by atoms with Gasteiger partial charge in [0.2, 0.25) is 5.13 Å².